The van der Waals surface area contributed by atoms with Crippen LogP contribution in [0.1, 0.15) is 30.6 Å². The summed E-state index contributed by atoms with van der Waals surface area (Å²) in [5.41, 5.74) is 1.90. The third kappa shape index (κ3) is 3.49. The number of aliphatic hydroxyl groups excluding tert-OH is 1. The van der Waals surface area contributed by atoms with Gasteiger partial charge in [0.15, 0.2) is 0 Å². The Kier molecular flexibility index (Phi) is 4.46. The highest BCUT2D eigenvalue weighted by Crippen LogP contribution is 2.28. The fourth-order valence-electron chi connectivity index (χ4n) is 1.85. The summed E-state index contributed by atoms with van der Waals surface area (Å²) < 4.78 is 5.79. The van der Waals surface area contributed by atoms with Crippen LogP contribution in [0.3, 0.4) is 0 Å². The van der Waals surface area contributed by atoms with Crippen LogP contribution in [0.5, 0.6) is 11.5 Å². The van der Waals surface area contributed by atoms with Gasteiger partial charge in [-0.05, 0) is 54.8 Å². The molecule has 3 heteroatoms. The Labute approximate surface area is 118 Å². The van der Waals surface area contributed by atoms with Crippen LogP contribution in [0.2, 0.25) is 5.02 Å². The molecule has 0 heterocycles. The third-order valence-corrected chi connectivity index (χ3v) is 3.25. The van der Waals surface area contributed by atoms with Gasteiger partial charge in [-0.15, -0.1) is 0 Å². The summed E-state index contributed by atoms with van der Waals surface area (Å²) in [6, 6.07) is 13.0. The van der Waals surface area contributed by atoms with Gasteiger partial charge in [-0.3, -0.25) is 0 Å². The molecule has 100 valence electrons. The second-order valence-corrected chi connectivity index (χ2v) is 4.94. The Bertz CT molecular complexity index is 549. The van der Waals surface area contributed by atoms with Crippen molar-refractivity contribution < 1.29 is 9.84 Å². The van der Waals surface area contributed by atoms with E-state index in [1.165, 1.54) is 0 Å². The zero-order valence-corrected chi connectivity index (χ0v) is 11.8. The molecular weight excluding hydrogens is 260 g/mol. The van der Waals surface area contributed by atoms with E-state index in [2.05, 4.69) is 0 Å². The van der Waals surface area contributed by atoms with Crippen LogP contribution < -0.4 is 4.74 Å². The minimum atomic E-state index is -0.411. The number of aryl methyl sites for hydroxylation is 1. The molecule has 0 saturated carbocycles. The van der Waals surface area contributed by atoms with Crippen molar-refractivity contribution in [3.63, 3.8) is 0 Å². The van der Waals surface area contributed by atoms with E-state index in [1.54, 1.807) is 6.07 Å². The molecule has 1 N–H and O–H groups in total. The van der Waals surface area contributed by atoms with Crippen LogP contribution in [0.15, 0.2) is 42.5 Å². The van der Waals surface area contributed by atoms with Crippen molar-refractivity contribution in [1.29, 1.82) is 0 Å². The Balaban J connectivity index is 2.15. The third-order valence-electron chi connectivity index (χ3n) is 3.02. The molecule has 0 aliphatic carbocycles. The maximum Gasteiger partial charge on any atom is 0.130 e. The van der Waals surface area contributed by atoms with Crippen LogP contribution in [0.25, 0.3) is 0 Å². The maximum atomic E-state index is 9.73. The van der Waals surface area contributed by atoms with E-state index in [-0.39, 0.29) is 0 Å². The molecule has 0 unspecified atom stereocenters. The highest BCUT2D eigenvalue weighted by molar-refractivity contribution is 6.30. The van der Waals surface area contributed by atoms with Crippen LogP contribution in [-0.2, 0) is 0 Å². The molecule has 0 spiro atoms. The molecule has 0 aromatic heterocycles. The summed E-state index contributed by atoms with van der Waals surface area (Å²) in [7, 11) is 0. The first-order valence-electron chi connectivity index (χ1n) is 6.32. The first kappa shape index (κ1) is 13.9. The van der Waals surface area contributed by atoms with Gasteiger partial charge in [0, 0.05) is 5.02 Å². The minimum Gasteiger partial charge on any atom is -0.457 e. The average molecular weight is 277 g/mol. The predicted octanol–water partition coefficient (Wildman–Crippen LogP) is 4.88. The first-order valence-corrected chi connectivity index (χ1v) is 6.70. The second-order valence-electron chi connectivity index (χ2n) is 4.50. The van der Waals surface area contributed by atoms with Crippen molar-refractivity contribution in [2.45, 2.75) is 26.4 Å². The normalized spacial score (nSPS) is 12.2. The van der Waals surface area contributed by atoms with Crippen LogP contribution >= 0.6 is 11.6 Å². The molecule has 0 aliphatic heterocycles. The van der Waals surface area contributed by atoms with Gasteiger partial charge >= 0.3 is 0 Å². The van der Waals surface area contributed by atoms with Crippen molar-refractivity contribution in [2.24, 2.45) is 0 Å². The van der Waals surface area contributed by atoms with E-state index < -0.39 is 6.10 Å². The molecule has 2 rings (SSSR count). The highest BCUT2D eigenvalue weighted by atomic mass is 35.5. The lowest BCUT2D eigenvalue weighted by atomic mass is 10.1. The molecule has 2 aromatic rings. The molecule has 0 amide bonds. The second kappa shape index (κ2) is 6.09. The number of hydrogen-bond acceptors (Lipinski definition) is 2. The molecule has 0 saturated heterocycles. The van der Waals surface area contributed by atoms with Crippen molar-refractivity contribution in [1.82, 2.24) is 0 Å². The van der Waals surface area contributed by atoms with E-state index in [4.69, 9.17) is 16.3 Å². The van der Waals surface area contributed by atoms with E-state index >= 15 is 0 Å². The molecule has 2 nitrogen and oxygen atoms in total. The zero-order valence-electron chi connectivity index (χ0n) is 11.1. The van der Waals surface area contributed by atoms with Crippen molar-refractivity contribution in [3.8, 4) is 11.5 Å². The lowest BCUT2D eigenvalue weighted by Crippen LogP contribution is -1.94. The largest absolute Gasteiger partial charge is 0.457 e. The number of ether oxygens (including phenoxy) is 1. The smallest absolute Gasteiger partial charge is 0.130 e. The van der Waals surface area contributed by atoms with E-state index in [1.807, 2.05) is 50.2 Å². The average Bonchev–Trinajstić information content (AvgIpc) is 2.42. The van der Waals surface area contributed by atoms with Gasteiger partial charge in [0.1, 0.15) is 11.5 Å². The molecular formula is C16H17ClO2. The topological polar surface area (TPSA) is 29.5 Å². The Hall–Kier alpha value is -1.51. The summed E-state index contributed by atoms with van der Waals surface area (Å²) >= 11 is 5.91. The molecule has 0 fully saturated rings. The summed E-state index contributed by atoms with van der Waals surface area (Å²) in [6.07, 6.45) is 0.294. The van der Waals surface area contributed by atoms with Crippen LogP contribution in [0.4, 0.5) is 0 Å². The van der Waals surface area contributed by atoms with Crippen molar-refractivity contribution in [3.05, 3.63) is 58.6 Å². The van der Waals surface area contributed by atoms with E-state index in [0.717, 1.165) is 22.6 Å². The van der Waals surface area contributed by atoms with Gasteiger partial charge in [0.05, 0.1) is 6.10 Å². The number of aliphatic hydroxyl groups is 1. The van der Waals surface area contributed by atoms with Gasteiger partial charge in [0.25, 0.3) is 0 Å². The van der Waals surface area contributed by atoms with Gasteiger partial charge in [0.2, 0.25) is 0 Å². The number of benzene rings is 2. The van der Waals surface area contributed by atoms with Gasteiger partial charge in [-0.1, -0.05) is 30.7 Å². The summed E-state index contributed by atoms with van der Waals surface area (Å²) in [4.78, 5) is 0. The summed E-state index contributed by atoms with van der Waals surface area (Å²) in [6.45, 7) is 3.91. The molecule has 0 radical (unpaired) electrons. The Morgan fingerprint density at radius 1 is 1.16 bits per heavy atom. The Morgan fingerprint density at radius 3 is 2.42 bits per heavy atom. The zero-order chi connectivity index (χ0) is 13.8. The lowest BCUT2D eigenvalue weighted by molar-refractivity contribution is 0.173. The molecule has 19 heavy (non-hydrogen) atoms. The van der Waals surface area contributed by atoms with Crippen LogP contribution in [-0.4, -0.2) is 5.11 Å². The van der Waals surface area contributed by atoms with E-state index in [0.29, 0.717) is 11.4 Å². The maximum absolute atomic E-state index is 9.73. The fourth-order valence-corrected chi connectivity index (χ4v) is 2.07. The monoisotopic (exact) mass is 276 g/mol. The summed E-state index contributed by atoms with van der Waals surface area (Å²) in [5.74, 6) is 1.53. The van der Waals surface area contributed by atoms with Crippen molar-refractivity contribution >= 4 is 11.6 Å². The highest BCUT2D eigenvalue weighted by Gasteiger charge is 2.06. The Morgan fingerprint density at radius 2 is 1.84 bits per heavy atom. The lowest BCUT2D eigenvalue weighted by Gasteiger charge is -2.11. The first-order chi connectivity index (χ1) is 9.10. The minimum absolute atomic E-state index is 0.411. The molecule has 0 bridgehead atoms. The quantitative estimate of drug-likeness (QED) is 0.862. The predicted molar refractivity (Wildman–Crippen MR) is 78.0 cm³/mol. The molecule has 2 aromatic carbocycles. The SMILES string of the molecule is CC[C@@H](O)c1ccc(Oc2ccc(Cl)cc2C)cc1. The summed E-state index contributed by atoms with van der Waals surface area (Å²) in [5, 5.41) is 10.4. The number of halogens is 1. The molecule has 0 aliphatic rings. The van der Waals surface area contributed by atoms with E-state index in [9.17, 15) is 5.11 Å². The number of hydrogen-bond donors (Lipinski definition) is 1. The standard InChI is InChI=1S/C16H17ClO2/c1-3-15(18)12-4-7-14(8-5-12)19-16-9-6-13(17)10-11(16)2/h4-10,15,18H,3H2,1-2H3/t15-/m1/s1. The fraction of sp³-hybridized carbons (Fsp3) is 0.250. The van der Waals surface area contributed by atoms with Crippen LogP contribution in [0, 0.1) is 6.92 Å². The number of rotatable bonds is 4. The molecule has 1 atom stereocenters. The van der Waals surface area contributed by atoms with Gasteiger partial charge in [-0.2, -0.15) is 0 Å². The van der Waals surface area contributed by atoms with Gasteiger partial charge < -0.3 is 9.84 Å². The van der Waals surface area contributed by atoms with Gasteiger partial charge in [-0.25, -0.2) is 0 Å². The van der Waals surface area contributed by atoms with Crippen molar-refractivity contribution in [2.75, 3.05) is 0 Å².